The van der Waals surface area contributed by atoms with Crippen LogP contribution >= 0.6 is 23.1 Å². The van der Waals surface area contributed by atoms with Crippen molar-refractivity contribution in [2.24, 2.45) is 0 Å². The molecule has 104 valence electrons. The van der Waals surface area contributed by atoms with Crippen molar-refractivity contribution in [1.82, 2.24) is 10.3 Å². The minimum atomic E-state index is 0.963. The fourth-order valence-corrected chi connectivity index (χ4v) is 3.21. The lowest BCUT2D eigenvalue weighted by atomic mass is 10.3. The Kier molecular flexibility index (Phi) is 7.70. The van der Waals surface area contributed by atoms with Gasteiger partial charge in [0.15, 0.2) is 5.13 Å². The van der Waals surface area contributed by atoms with Gasteiger partial charge in [-0.1, -0.05) is 13.8 Å². The molecule has 1 rings (SSSR count). The molecule has 0 aromatic carbocycles. The third-order valence-electron chi connectivity index (χ3n) is 2.77. The van der Waals surface area contributed by atoms with Crippen LogP contribution in [0.1, 0.15) is 30.8 Å². The van der Waals surface area contributed by atoms with E-state index in [0.717, 1.165) is 36.9 Å². The predicted molar refractivity (Wildman–Crippen MR) is 85.1 cm³/mol. The third-order valence-corrected chi connectivity index (χ3v) is 4.57. The highest BCUT2D eigenvalue weighted by molar-refractivity contribution is 7.98. The maximum absolute atomic E-state index is 4.76. The fourth-order valence-electron chi connectivity index (χ4n) is 1.65. The molecule has 0 spiro atoms. The standard InChI is InChI=1S/C13H25N3S2/c1-5-7-14-10-12-11(6-2)15-13(18-12)16(3)8-9-17-4/h14H,5-10H2,1-4H3. The largest absolute Gasteiger partial charge is 0.350 e. The number of anilines is 1. The average Bonchev–Trinajstić information content (AvgIpc) is 2.79. The number of nitrogens with zero attached hydrogens (tertiary/aromatic N) is 2. The van der Waals surface area contributed by atoms with Gasteiger partial charge in [0.1, 0.15) is 0 Å². The topological polar surface area (TPSA) is 28.2 Å². The van der Waals surface area contributed by atoms with Crippen LogP contribution < -0.4 is 10.2 Å². The minimum absolute atomic E-state index is 0.963. The van der Waals surface area contributed by atoms with E-state index in [-0.39, 0.29) is 0 Å². The van der Waals surface area contributed by atoms with Gasteiger partial charge in [-0.25, -0.2) is 4.98 Å². The van der Waals surface area contributed by atoms with Crippen molar-refractivity contribution in [2.75, 3.05) is 37.0 Å². The second-order valence-electron chi connectivity index (χ2n) is 4.31. The van der Waals surface area contributed by atoms with Gasteiger partial charge in [-0.05, 0) is 25.6 Å². The van der Waals surface area contributed by atoms with Gasteiger partial charge in [-0.15, -0.1) is 11.3 Å². The number of rotatable bonds is 9. The van der Waals surface area contributed by atoms with E-state index in [9.17, 15) is 0 Å². The SMILES string of the molecule is CCCNCc1sc(N(C)CCSC)nc1CC. The van der Waals surface area contributed by atoms with Crippen molar-refractivity contribution >= 4 is 28.2 Å². The summed E-state index contributed by atoms with van der Waals surface area (Å²) >= 11 is 3.72. The molecule has 0 unspecified atom stereocenters. The van der Waals surface area contributed by atoms with E-state index in [2.05, 4.69) is 37.4 Å². The van der Waals surface area contributed by atoms with Gasteiger partial charge in [0.25, 0.3) is 0 Å². The van der Waals surface area contributed by atoms with Crippen molar-refractivity contribution < 1.29 is 0 Å². The molecular formula is C13H25N3S2. The molecule has 3 nitrogen and oxygen atoms in total. The van der Waals surface area contributed by atoms with Gasteiger partial charge >= 0.3 is 0 Å². The van der Waals surface area contributed by atoms with Crippen LogP contribution in [0.3, 0.4) is 0 Å². The van der Waals surface area contributed by atoms with Crippen LogP contribution in [0.25, 0.3) is 0 Å². The van der Waals surface area contributed by atoms with E-state index in [4.69, 9.17) is 4.98 Å². The molecule has 1 aromatic rings. The van der Waals surface area contributed by atoms with E-state index in [1.807, 2.05) is 23.1 Å². The molecule has 0 aliphatic carbocycles. The smallest absolute Gasteiger partial charge is 0.185 e. The molecule has 0 atom stereocenters. The van der Waals surface area contributed by atoms with Gasteiger partial charge in [-0.2, -0.15) is 11.8 Å². The first-order valence-corrected chi connectivity index (χ1v) is 8.83. The lowest BCUT2D eigenvalue weighted by Crippen LogP contribution is -2.19. The molecule has 0 saturated heterocycles. The normalized spacial score (nSPS) is 10.9. The monoisotopic (exact) mass is 287 g/mol. The highest BCUT2D eigenvalue weighted by Gasteiger charge is 2.12. The van der Waals surface area contributed by atoms with Crippen LogP contribution in [0.2, 0.25) is 0 Å². The van der Waals surface area contributed by atoms with E-state index >= 15 is 0 Å². The van der Waals surface area contributed by atoms with Crippen LogP contribution in [0.5, 0.6) is 0 Å². The quantitative estimate of drug-likeness (QED) is 0.707. The molecule has 5 heteroatoms. The van der Waals surface area contributed by atoms with Gasteiger partial charge in [0, 0.05) is 30.8 Å². The molecule has 0 saturated carbocycles. The van der Waals surface area contributed by atoms with Crippen molar-refractivity contribution in [3.05, 3.63) is 10.6 Å². The summed E-state index contributed by atoms with van der Waals surface area (Å²) in [6.07, 6.45) is 4.35. The van der Waals surface area contributed by atoms with Crippen LogP contribution in [-0.4, -0.2) is 37.1 Å². The molecular weight excluding hydrogens is 262 g/mol. The molecule has 0 bridgehead atoms. The third kappa shape index (κ3) is 4.78. The highest BCUT2D eigenvalue weighted by atomic mass is 32.2. The summed E-state index contributed by atoms with van der Waals surface area (Å²) < 4.78 is 0. The number of hydrogen-bond donors (Lipinski definition) is 1. The Labute approximate surface area is 119 Å². The molecule has 18 heavy (non-hydrogen) atoms. The predicted octanol–water partition coefficient (Wildman–Crippen LogP) is 3.00. The number of hydrogen-bond acceptors (Lipinski definition) is 5. The van der Waals surface area contributed by atoms with Gasteiger partial charge in [0.05, 0.1) is 5.69 Å². The molecule has 0 radical (unpaired) electrons. The molecule has 0 fully saturated rings. The van der Waals surface area contributed by atoms with E-state index in [1.165, 1.54) is 17.0 Å². The van der Waals surface area contributed by atoms with E-state index < -0.39 is 0 Å². The Bertz CT molecular complexity index is 339. The fraction of sp³-hybridized carbons (Fsp3) is 0.769. The van der Waals surface area contributed by atoms with Crippen molar-refractivity contribution in [1.29, 1.82) is 0 Å². The average molecular weight is 287 g/mol. The number of thiazole rings is 1. The summed E-state index contributed by atoms with van der Waals surface area (Å²) in [5.74, 6) is 1.15. The van der Waals surface area contributed by atoms with Crippen LogP contribution in [-0.2, 0) is 13.0 Å². The second-order valence-corrected chi connectivity index (χ2v) is 6.36. The second kappa shape index (κ2) is 8.77. The lowest BCUT2D eigenvalue weighted by Gasteiger charge is -2.14. The summed E-state index contributed by atoms with van der Waals surface area (Å²) in [7, 11) is 2.14. The zero-order valence-electron chi connectivity index (χ0n) is 12.0. The number of nitrogens with one attached hydrogen (secondary N) is 1. The molecule has 1 heterocycles. The first-order valence-electron chi connectivity index (χ1n) is 6.62. The first-order chi connectivity index (χ1) is 8.72. The van der Waals surface area contributed by atoms with E-state index in [0.29, 0.717) is 0 Å². The summed E-state index contributed by atoms with van der Waals surface area (Å²) in [5.41, 5.74) is 1.26. The first kappa shape index (κ1) is 15.8. The maximum Gasteiger partial charge on any atom is 0.185 e. The Morgan fingerprint density at radius 3 is 2.78 bits per heavy atom. The van der Waals surface area contributed by atoms with Crippen molar-refractivity contribution in [3.8, 4) is 0 Å². The maximum atomic E-state index is 4.76. The molecule has 0 aliphatic rings. The molecule has 1 aromatic heterocycles. The summed E-state index contributed by atoms with van der Waals surface area (Å²) in [4.78, 5) is 8.42. The summed E-state index contributed by atoms with van der Waals surface area (Å²) in [6, 6.07) is 0. The zero-order chi connectivity index (χ0) is 13.4. The van der Waals surface area contributed by atoms with Crippen LogP contribution in [0.15, 0.2) is 0 Å². The molecule has 1 N–H and O–H groups in total. The highest BCUT2D eigenvalue weighted by Crippen LogP contribution is 2.26. The van der Waals surface area contributed by atoms with Gasteiger partial charge < -0.3 is 10.2 Å². The Hall–Kier alpha value is -0.260. The Morgan fingerprint density at radius 2 is 2.17 bits per heavy atom. The van der Waals surface area contributed by atoms with Crippen LogP contribution in [0.4, 0.5) is 5.13 Å². The van der Waals surface area contributed by atoms with Crippen molar-refractivity contribution in [3.63, 3.8) is 0 Å². The molecule has 0 aliphatic heterocycles. The van der Waals surface area contributed by atoms with Crippen LogP contribution in [0, 0.1) is 0 Å². The number of thioether (sulfide) groups is 1. The minimum Gasteiger partial charge on any atom is -0.350 e. The van der Waals surface area contributed by atoms with Crippen molar-refractivity contribution in [2.45, 2.75) is 33.2 Å². The van der Waals surface area contributed by atoms with Gasteiger partial charge in [0.2, 0.25) is 0 Å². The molecule has 0 amide bonds. The summed E-state index contributed by atoms with van der Waals surface area (Å²) in [6.45, 7) is 7.50. The Morgan fingerprint density at radius 1 is 1.39 bits per heavy atom. The number of aryl methyl sites for hydroxylation is 1. The Balaban J connectivity index is 2.64. The number of aromatic nitrogens is 1. The lowest BCUT2D eigenvalue weighted by molar-refractivity contribution is 0.676. The van der Waals surface area contributed by atoms with E-state index in [1.54, 1.807) is 0 Å². The zero-order valence-corrected chi connectivity index (χ0v) is 13.6. The van der Waals surface area contributed by atoms with Gasteiger partial charge in [-0.3, -0.25) is 0 Å². The summed E-state index contributed by atoms with van der Waals surface area (Å²) in [5, 5.41) is 4.63.